The number of carbonyl (C=O) groups is 1. The number of carboxylic acid groups (broad SMARTS) is 1. The Balaban J connectivity index is 1.64. The number of fused-ring (bicyclic) bond motifs is 1. The summed E-state index contributed by atoms with van der Waals surface area (Å²) in [5, 5.41) is 9.27. The van der Waals surface area contributed by atoms with Crippen LogP contribution in [0.2, 0.25) is 0 Å². The third-order valence-electron chi connectivity index (χ3n) is 4.92. The molecule has 1 fully saturated rings. The summed E-state index contributed by atoms with van der Waals surface area (Å²) in [5.41, 5.74) is 1.88. The predicted octanol–water partition coefficient (Wildman–Crippen LogP) is 3.43. The van der Waals surface area contributed by atoms with Gasteiger partial charge in [-0.3, -0.25) is 4.79 Å². The number of carboxylic acids is 1. The lowest BCUT2D eigenvalue weighted by molar-refractivity contribution is -0.139. The zero-order valence-corrected chi connectivity index (χ0v) is 12.0. The summed E-state index contributed by atoms with van der Waals surface area (Å²) in [6.07, 6.45) is 11.7. The average Bonchev–Trinajstić information content (AvgIpc) is 2.88. The van der Waals surface area contributed by atoms with E-state index in [4.69, 9.17) is 0 Å². The Morgan fingerprint density at radius 1 is 1.20 bits per heavy atom. The quantitative estimate of drug-likeness (QED) is 0.885. The van der Waals surface area contributed by atoms with Crippen LogP contribution in [0.5, 0.6) is 0 Å². The number of H-pyrrole nitrogens is 1. The van der Waals surface area contributed by atoms with Crippen molar-refractivity contribution in [2.75, 3.05) is 0 Å². The van der Waals surface area contributed by atoms with Crippen LogP contribution in [0.1, 0.15) is 74.5 Å². The molecule has 1 heterocycles. The maximum atomic E-state index is 11.3. The summed E-state index contributed by atoms with van der Waals surface area (Å²) in [7, 11) is 0. The molecule has 3 rings (SSSR count). The summed E-state index contributed by atoms with van der Waals surface area (Å²) < 4.78 is 0. The van der Waals surface area contributed by atoms with Gasteiger partial charge in [0.1, 0.15) is 11.7 Å². The predicted molar refractivity (Wildman–Crippen MR) is 76.8 cm³/mol. The lowest BCUT2D eigenvalue weighted by Crippen LogP contribution is -2.17. The zero-order chi connectivity index (χ0) is 13.9. The molecule has 110 valence electrons. The minimum absolute atomic E-state index is 0.390. The molecule has 0 aromatic carbocycles. The van der Waals surface area contributed by atoms with Crippen molar-refractivity contribution in [2.45, 2.75) is 70.1 Å². The second-order valence-corrected chi connectivity index (χ2v) is 6.37. The van der Waals surface area contributed by atoms with E-state index in [2.05, 4.69) is 9.97 Å². The van der Waals surface area contributed by atoms with Gasteiger partial charge in [0.15, 0.2) is 0 Å². The Morgan fingerprint density at radius 2 is 2.00 bits per heavy atom. The summed E-state index contributed by atoms with van der Waals surface area (Å²) >= 11 is 0. The average molecular weight is 276 g/mol. The van der Waals surface area contributed by atoms with Gasteiger partial charge in [-0.15, -0.1) is 0 Å². The Hall–Kier alpha value is -1.32. The molecule has 1 atom stereocenters. The maximum absolute atomic E-state index is 11.3. The standard InChI is InChI=1S/C16H24N2O2/c19-16(20)12-7-4-8-13-15(12)18-14(17-13)10-9-11-5-2-1-3-6-11/h11-12H,1-10H2,(H,17,18)(H,19,20). The number of hydrogen-bond acceptors (Lipinski definition) is 2. The van der Waals surface area contributed by atoms with Crippen molar-refractivity contribution in [3.63, 3.8) is 0 Å². The van der Waals surface area contributed by atoms with Crippen LogP contribution in [0.15, 0.2) is 0 Å². The number of hydrogen-bond donors (Lipinski definition) is 2. The molecule has 0 bridgehead atoms. The molecule has 0 aliphatic heterocycles. The van der Waals surface area contributed by atoms with E-state index < -0.39 is 11.9 Å². The molecule has 0 amide bonds. The highest BCUT2D eigenvalue weighted by atomic mass is 16.4. The van der Waals surface area contributed by atoms with Gasteiger partial charge in [-0.25, -0.2) is 4.98 Å². The molecule has 20 heavy (non-hydrogen) atoms. The van der Waals surface area contributed by atoms with E-state index >= 15 is 0 Å². The van der Waals surface area contributed by atoms with E-state index in [0.717, 1.165) is 48.8 Å². The Bertz CT molecular complexity index is 475. The van der Waals surface area contributed by atoms with E-state index in [-0.39, 0.29) is 0 Å². The van der Waals surface area contributed by atoms with Gasteiger partial charge in [0.2, 0.25) is 0 Å². The Labute approximate surface area is 120 Å². The molecular formula is C16H24N2O2. The number of aromatic nitrogens is 2. The van der Waals surface area contributed by atoms with Crippen molar-refractivity contribution in [3.8, 4) is 0 Å². The van der Waals surface area contributed by atoms with Crippen LogP contribution in [0, 0.1) is 5.92 Å². The molecule has 2 aliphatic carbocycles. The van der Waals surface area contributed by atoms with Crippen molar-refractivity contribution in [1.82, 2.24) is 9.97 Å². The van der Waals surface area contributed by atoms with Crippen molar-refractivity contribution < 1.29 is 9.90 Å². The first-order chi connectivity index (χ1) is 9.74. The fraction of sp³-hybridized carbons (Fsp3) is 0.750. The molecular weight excluding hydrogens is 252 g/mol. The first kappa shape index (κ1) is 13.7. The largest absolute Gasteiger partial charge is 0.481 e. The van der Waals surface area contributed by atoms with Gasteiger partial charge in [0.05, 0.1) is 5.69 Å². The van der Waals surface area contributed by atoms with E-state index in [1.165, 1.54) is 38.5 Å². The lowest BCUT2D eigenvalue weighted by atomic mass is 9.86. The summed E-state index contributed by atoms with van der Waals surface area (Å²) in [5.74, 6) is 0.740. The Kier molecular flexibility index (Phi) is 4.08. The third kappa shape index (κ3) is 2.89. The van der Waals surface area contributed by atoms with Crippen LogP contribution in [0.4, 0.5) is 0 Å². The highest BCUT2D eigenvalue weighted by molar-refractivity contribution is 5.76. The monoisotopic (exact) mass is 276 g/mol. The molecule has 0 spiro atoms. The number of nitrogens with one attached hydrogen (secondary N) is 1. The number of aliphatic carboxylic acids is 1. The van der Waals surface area contributed by atoms with Crippen LogP contribution in [0.3, 0.4) is 0 Å². The molecule has 4 nitrogen and oxygen atoms in total. The number of aryl methyl sites for hydroxylation is 2. The number of imidazole rings is 1. The van der Waals surface area contributed by atoms with Gasteiger partial charge < -0.3 is 10.1 Å². The van der Waals surface area contributed by atoms with Crippen molar-refractivity contribution in [1.29, 1.82) is 0 Å². The smallest absolute Gasteiger partial charge is 0.312 e. The van der Waals surface area contributed by atoms with E-state index in [1.54, 1.807) is 0 Å². The summed E-state index contributed by atoms with van der Waals surface area (Å²) in [4.78, 5) is 19.3. The highest BCUT2D eigenvalue weighted by Gasteiger charge is 2.29. The molecule has 0 saturated heterocycles. The second-order valence-electron chi connectivity index (χ2n) is 6.37. The van der Waals surface area contributed by atoms with Crippen LogP contribution in [-0.2, 0) is 17.6 Å². The minimum Gasteiger partial charge on any atom is -0.481 e. The molecule has 1 aromatic rings. The van der Waals surface area contributed by atoms with Gasteiger partial charge in [-0.05, 0) is 31.6 Å². The first-order valence-corrected chi connectivity index (χ1v) is 8.04. The van der Waals surface area contributed by atoms with Crippen molar-refractivity contribution >= 4 is 5.97 Å². The fourth-order valence-electron chi connectivity index (χ4n) is 3.75. The van der Waals surface area contributed by atoms with E-state index in [0.29, 0.717) is 0 Å². The van der Waals surface area contributed by atoms with Crippen LogP contribution < -0.4 is 0 Å². The summed E-state index contributed by atoms with van der Waals surface area (Å²) in [6.45, 7) is 0. The molecule has 1 saturated carbocycles. The molecule has 4 heteroatoms. The minimum atomic E-state index is -0.726. The topological polar surface area (TPSA) is 66.0 Å². The SMILES string of the molecule is O=C(O)C1CCCc2[nH]c(CCC3CCCCC3)nc21. The number of rotatable bonds is 4. The maximum Gasteiger partial charge on any atom is 0.312 e. The molecule has 1 unspecified atom stereocenters. The van der Waals surface area contributed by atoms with Gasteiger partial charge >= 0.3 is 5.97 Å². The summed E-state index contributed by atoms with van der Waals surface area (Å²) in [6, 6.07) is 0. The van der Waals surface area contributed by atoms with Gasteiger partial charge in [0, 0.05) is 12.1 Å². The molecule has 2 N–H and O–H groups in total. The van der Waals surface area contributed by atoms with Gasteiger partial charge in [-0.2, -0.15) is 0 Å². The molecule has 0 radical (unpaired) electrons. The normalized spacial score (nSPS) is 23.5. The van der Waals surface area contributed by atoms with Crippen LogP contribution in [-0.4, -0.2) is 21.0 Å². The van der Waals surface area contributed by atoms with E-state index in [1.807, 2.05) is 0 Å². The molecule has 1 aromatic heterocycles. The van der Waals surface area contributed by atoms with Crippen LogP contribution >= 0.6 is 0 Å². The van der Waals surface area contributed by atoms with Gasteiger partial charge in [-0.1, -0.05) is 32.1 Å². The van der Waals surface area contributed by atoms with Crippen molar-refractivity contribution in [2.24, 2.45) is 5.92 Å². The third-order valence-corrected chi connectivity index (χ3v) is 4.92. The van der Waals surface area contributed by atoms with Crippen LogP contribution in [0.25, 0.3) is 0 Å². The lowest BCUT2D eigenvalue weighted by Gasteiger charge is -2.20. The fourth-order valence-corrected chi connectivity index (χ4v) is 3.75. The number of nitrogens with zero attached hydrogens (tertiary/aromatic N) is 1. The molecule has 2 aliphatic rings. The van der Waals surface area contributed by atoms with Gasteiger partial charge in [0.25, 0.3) is 0 Å². The van der Waals surface area contributed by atoms with Crippen molar-refractivity contribution in [3.05, 3.63) is 17.2 Å². The van der Waals surface area contributed by atoms with E-state index in [9.17, 15) is 9.90 Å². The highest BCUT2D eigenvalue weighted by Crippen LogP contribution is 2.31. The number of aromatic amines is 1. The Morgan fingerprint density at radius 3 is 2.75 bits per heavy atom. The zero-order valence-electron chi connectivity index (χ0n) is 12.0. The second kappa shape index (κ2) is 5.98. The first-order valence-electron chi connectivity index (χ1n) is 8.04.